The molecule has 3 aromatic rings. The maximum absolute atomic E-state index is 13.8. The molecule has 1 aliphatic rings. The van der Waals surface area contributed by atoms with Crippen molar-refractivity contribution >= 4 is 23.6 Å². The highest BCUT2D eigenvalue weighted by atomic mass is 32.2. The van der Waals surface area contributed by atoms with E-state index < -0.39 is 6.04 Å². The van der Waals surface area contributed by atoms with Gasteiger partial charge in [-0.15, -0.1) is 11.8 Å². The highest BCUT2D eigenvalue weighted by molar-refractivity contribution is 7.99. The number of benzene rings is 3. The van der Waals surface area contributed by atoms with E-state index in [1.807, 2.05) is 77.7 Å². The van der Waals surface area contributed by atoms with E-state index in [9.17, 15) is 9.59 Å². The molecule has 1 fully saturated rings. The van der Waals surface area contributed by atoms with Gasteiger partial charge in [0.1, 0.15) is 6.04 Å². The average molecular weight is 515 g/mol. The molecule has 0 unspecified atom stereocenters. The van der Waals surface area contributed by atoms with Crippen LogP contribution in [0.25, 0.3) is 0 Å². The second-order valence-corrected chi connectivity index (χ2v) is 11.0. The summed E-state index contributed by atoms with van der Waals surface area (Å²) in [5.74, 6) is 1.07. The highest BCUT2D eigenvalue weighted by Gasteiger charge is 2.31. The molecule has 3 aromatic carbocycles. The first-order chi connectivity index (χ1) is 18.1. The van der Waals surface area contributed by atoms with Gasteiger partial charge in [-0.3, -0.25) is 9.59 Å². The van der Waals surface area contributed by atoms with E-state index >= 15 is 0 Å². The fourth-order valence-electron chi connectivity index (χ4n) is 4.98. The van der Waals surface area contributed by atoms with Gasteiger partial charge in [0.2, 0.25) is 11.8 Å². The molecule has 0 bridgehead atoms. The zero-order valence-electron chi connectivity index (χ0n) is 21.8. The highest BCUT2D eigenvalue weighted by Crippen LogP contribution is 2.22. The monoisotopic (exact) mass is 514 g/mol. The van der Waals surface area contributed by atoms with Gasteiger partial charge in [-0.1, -0.05) is 104 Å². The Hall–Kier alpha value is -3.05. The summed E-state index contributed by atoms with van der Waals surface area (Å²) in [6, 6.07) is 28.0. The number of carbonyl (C=O) groups is 2. The second kappa shape index (κ2) is 14.0. The molecule has 194 valence electrons. The molecule has 0 aromatic heterocycles. The molecule has 1 N–H and O–H groups in total. The van der Waals surface area contributed by atoms with Crippen LogP contribution < -0.4 is 5.32 Å². The standard InChI is InChI=1S/C32H38N2O2S/c1-25-13-11-12-18-28(25)23-37-24-31(35)34(22-27-16-7-3-8-17-27)30(21-26-14-5-2-6-15-26)32(36)33-29-19-9-4-10-20-29/h2-3,5-8,11-18,29-30H,4,9-10,19-24H2,1H3,(H,33,36)/t30-/m0/s1. The molecular weight excluding hydrogens is 476 g/mol. The summed E-state index contributed by atoms with van der Waals surface area (Å²) in [4.78, 5) is 29.4. The molecule has 1 aliphatic carbocycles. The van der Waals surface area contributed by atoms with Gasteiger partial charge in [-0.25, -0.2) is 0 Å². The van der Waals surface area contributed by atoms with Crippen LogP contribution >= 0.6 is 11.8 Å². The van der Waals surface area contributed by atoms with Crippen LogP contribution in [0.4, 0.5) is 0 Å². The van der Waals surface area contributed by atoms with E-state index in [0.717, 1.165) is 42.6 Å². The zero-order valence-corrected chi connectivity index (χ0v) is 22.6. The quantitative estimate of drug-likeness (QED) is 0.326. The number of hydrogen-bond acceptors (Lipinski definition) is 3. The van der Waals surface area contributed by atoms with Crippen LogP contribution in [0.2, 0.25) is 0 Å². The first-order valence-corrected chi connectivity index (χ1v) is 14.6. The predicted octanol–water partition coefficient (Wildman–Crippen LogP) is 6.32. The van der Waals surface area contributed by atoms with Crippen LogP contribution in [-0.4, -0.2) is 34.6 Å². The van der Waals surface area contributed by atoms with E-state index in [1.165, 1.54) is 17.5 Å². The minimum atomic E-state index is -0.559. The molecule has 1 atom stereocenters. The smallest absolute Gasteiger partial charge is 0.243 e. The zero-order chi connectivity index (χ0) is 25.9. The van der Waals surface area contributed by atoms with Crippen LogP contribution in [0.5, 0.6) is 0 Å². The summed E-state index contributed by atoms with van der Waals surface area (Å²) >= 11 is 1.62. The molecule has 0 aliphatic heterocycles. The predicted molar refractivity (Wildman–Crippen MR) is 153 cm³/mol. The number of nitrogens with one attached hydrogen (secondary N) is 1. The maximum Gasteiger partial charge on any atom is 0.243 e. The largest absolute Gasteiger partial charge is 0.352 e. The molecule has 4 rings (SSSR count). The third-order valence-corrected chi connectivity index (χ3v) is 8.13. The minimum absolute atomic E-state index is 0.00200. The summed E-state index contributed by atoms with van der Waals surface area (Å²) < 4.78 is 0. The lowest BCUT2D eigenvalue weighted by molar-refractivity contribution is -0.139. The Balaban J connectivity index is 1.55. The average Bonchev–Trinajstić information content (AvgIpc) is 2.93. The molecule has 0 spiro atoms. The first-order valence-electron chi connectivity index (χ1n) is 13.4. The third kappa shape index (κ3) is 8.22. The Bertz CT molecular complexity index is 1130. The molecule has 2 amide bonds. The third-order valence-electron chi connectivity index (χ3n) is 7.16. The van der Waals surface area contributed by atoms with E-state index in [0.29, 0.717) is 18.7 Å². The van der Waals surface area contributed by atoms with Crippen molar-refractivity contribution in [2.75, 3.05) is 5.75 Å². The van der Waals surface area contributed by atoms with Crippen molar-refractivity contribution < 1.29 is 9.59 Å². The maximum atomic E-state index is 13.8. The molecule has 0 radical (unpaired) electrons. The molecule has 1 saturated carbocycles. The van der Waals surface area contributed by atoms with Gasteiger partial charge in [0.15, 0.2) is 0 Å². The van der Waals surface area contributed by atoms with Crippen molar-refractivity contribution in [3.8, 4) is 0 Å². The van der Waals surface area contributed by atoms with Gasteiger partial charge in [0.05, 0.1) is 5.75 Å². The summed E-state index contributed by atoms with van der Waals surface area (Å²) in [5, 5.41) is 3.31. The molecule has 0 heterocycles. The van der Waals surface area contributed by atoms with Crippen LogP contribution in [0, 0.1) is 6.92 Å². The van der Waals surface area contributed by atoms with Crippen LogP contribution in [0.3, 0.4) is 0 Å². The van der Waals surface area contributed by atoms with Gasteiger partial charge in [0.25, 0.3) is 0 Å². The van der Waals surface area contributed by atoms with Crippen LogP contribution in [-0.2, 0) is 28.3 Å². The normalized spacial score (nSPS) is 14.6. The van der Waals surface area contributed by atoms with Gasteiger partial charge in [-0.2, -0.15) is 0 Å². The van der Waals surface area contributed by atoms with Gasteiger partial charge >= 0.3 is 0 Å². The number of nitrogens with zero attached hydrogens (tertiary/aromatic N) is 1. The van der Waals surface area contributed by atoms with Crippen molar-refractivity contribution in [3.05, 3.63) is 107 Å². The Kier molecular flexibility index (Phi) is 10.2. The van der Waals surface area contributed by atoms with E-state index in [4.69, 9.17) is 0 Å². The Morgan fingerprint density at radius 3 is 2.16 bits per heavy atom. The van der Waals surface area contributed by atoms with E-state index in [2.05, 4.69) is 24.4 Å². The topological polar surface area (TPSA) is 49.4 Å². The Labute approximate surface area is 225 Å². The Morgan fingerprint density at radius 2 is 1.49 bits per heavy atom. The van der Waals surface area contributed by atoms with Crippen molar-refractivity contribution in [1.82, 2.24) is 10.2 Å². The number of carbonyl (C=O) groups excluding carboxylic acids is 2. The minimum Gasteiger partial charge on any atom is -0.352 e. The fourth-order valence-corrected chi connectivity index (χ4v) is 5.97. The van der Waals surface area contributed by atoms with Gasteiger partial charge in [-0.05, 0) is 42.0 Å². The first kappa shape index (κ1) is 27.0. The molecule has 37 heavy (non-hydrogen) atoms. The van der Waals surface area contributed by atoms with Gasteiger partial charge < -0.3 is 10.2 Å². The number of aryl methyl sites for hydroxylation is 1. The fraction of sp³-hybridized carbons (Fsp3) is 0.375. The van der Waals surface area contributed by atoms with E-state index in [-0.39, 0.29) is 17.9 Å². The lowest BCUT2D eigenvalue weighted by atomic mass is 9.94. The van der Waals surface area contributed by atoms with E-state index in [1.54, 1.807) is 11.8 Å². The van der Waals surface area contributed by atoms with Crippen molar-refractivity contribution in [3.63, 3.8) is 0 Å². The lowest BCUT2D eigenvalue weighted by Gasteiger charge is -2.33. The number of rotatable bonds is 11. The number of hydrogen-bond donors (Lipinski definition) is 1. The number of thioether (sulfide) groups is 1. The summed E-state index contributed by atoms with van der Waals surface area (Å²) in [7, 11) is 0. The van der Waals surface area contributed by atoms with Crippen molar-refractivity contribution in [2.45, 2.75) is 69.8 Å². The molecule has 0 saturated heterocycles. The molecule has 4 nitrogen and oxygen atoms in total. The summed E-state index contributed by atoms with van der Waals surface area (Å²) in [6.45, 7) is 2.52. The van der Waals surface area contributed by atoms with Crippen molar-refractivity contribution in [1.29, 1.82) is 0 Å². The molecule has 5 heteroatoms. The van der Waals surface area contributed by atoms with Crippen molar-refractivity contribution in [2.24, 2.45) is 0 Å². The Morgan fingerprint density at radius 1 is 0.865 bits per heavy atom. The molecular formula is C32H38N2O2S. The van der Waals surface area contributed by atoms with Crippen LogP contribution in [0.1, 0.15) is 54.4 Å². The second-order valence-electron chi connectivity index (χ2n) is 9.98. The SMILES string of the molecule is Cc1ccccc1CSCC(=O)N(Cc1ccccc1)[C@@H](Cc1ccccc1)C(=O)NC1CCCCC1. The van der Waals surface area contributed by atoms with Crippen LogP contribution in [0.15, 0.2) is 84.9 Å². The van der Waals surface area contributed by atoms with Gasteiger partial charge in [0, 0.05) is 24.8 Å². The number of amides is 2. The summed E-state index contributed by atoms with van der Waals surface area (Å²) in [5.41, 5.74) is 4.57. The lowest BCUT2D eigenvalue weighted by Crippen LogP contribution is -2.53. The summed E-state index contributed by atoms with van der Waals surface area (Å²) in [6.07, 6.45) is 6.06.